The molecule has 0 N–H and O–H groups in total. The maximum Gasteiger partial charge on any atom is 0.410 e. The van der Waals surface area contributed by atoms with Crippen LogP contribution in [0.4, 0.5) is 10.5 Å². The summed E-state index contributed by atoms with van der Waals surface area (Å²) in [6, 6.07) is 13.9. The Morgan fingerprint density at radius 2 is 1.81 bits per heavy atom. The highest BCUT2D eigenvalue weighted by Crippen LogP contribution is 2.29. The van der Waals surface area contributed by atoms with Gasteiger partial charge in [-0.15, -0.1) is 10.2 Å². The molecule has 1 aliphatic heterocycles. The van der Waals surface area contributed by atoms with E-state index < -0.39 is 5.60 Å². The van der Waals surface area contributed by atoms with E-state index in [9.17, 15) is 4.79 Å². The van der Waals surface area contributed by atoms with Crippen LogP contribution in [0, 0.1) is 0 Å². The van der Waals surface area contributed by atoms with Gasteiger partial charge in [0.1, 0.15) is 23.7 Å². The van der Waals surface area contributed by atoms with Crippen LogP contribution in [0.5, 0.6) is 5.75 Å². The Bertz CT molecular complexity index is 1410. The summed E-state index contributed by atoms with van der Waals surface area (Å²) >= 11 is 0. The first-order valence-electron chi connectivity index (χ1n) is 12.4. The summed E-state index contributed by atoms with van der Waals surface area (Å²) in [5.41, 5.74) is 2.83. The third kappa shape index (κ3) is 5.43. The van der Waals surface area contributed by atoms with Crippen LogP contribution in [0.1, 0.15) is 20.8 Å². The Labute approximate surface area is 215 Å². The quantitative estimate of drug-likeness (QED) is 0.364. The number of para-hydroxylation sites is 1. The van der Waals surface area contributed by atoms with E-state index in [2.05, 4.69) is 33.3 Å². The minimum Gasteiger partial charge on any atom is -0.491 e. The number of fused-ring (bicyclic) bond motifs is 2. The molecule has 10 heteroatoms. The number of benzene rings is 1. The minimum atomic E-state index is -0.505. The van der Waals surface area contributed by atoms with Gasteiger partial charge in [0.2, 0.25) is 0 Å². The monoisotopic (exact) mass is 504 g/mol. The molecule has 1 fully saturated rings. The van der Waals surface area contributed by atoms with E-state index in [1.54, 1.807) is 12.0 Å². The molecule has 4 heterocycles. The Morgan fingerprint density at radius 3 is 2.57 bits per heavy atom. The van der Waals surface area contributed by atoms with Crippen LogP contribution in [-0.4, -0.2) is 82.7 Å². The zero-order valence-corrected chi connectivity index (χ0v) is 21.7. The number of hydrogen-bond donors (Lipinski definition) is 0. The molecule has 0 saturated carbocycles. The van der Waals surface area contributed by atoms with Crippen molar-refractivity contribution in [2.75, 3.05) is 51.4 Å². The van der Waals surface area contributed by atoms with Gasteiger partial charge in [-0.2, -0.15) is 0 Å². The predicted molar refractivity (Wildman–Crippen MR) is 141 cm³/mol. The van der Waals surface area contributed by atoms with Crippen LogP contribution in [0.25, 0.3) is 28.1 Å². The van der Waals surface area contributed by atoms with Gasteiger partial charge in [0.15, 0.2) is 11.5 Å². The number of hydrogen-bond acceptors (Lipinski definition) is 8. The lowest BCUT2D eigenvalue weighted by Crippen LogP contribution is -2.50. The number of anilines is 1. The van der Waals surface area contributed by atoms with Gasteiger partial charge < -0.3 is 24.0 Å². The highest BCUT2D eigenvalue weighted by molar-refractivity contribution is 5.92. The normalized spacial score (nSPS) is 14.4. The molecule has 0 spiro atoms. The van der Waals surface area contributed by atoms with Gasteiger partial charge in [0, 0.05) is 50.9 Å². The average Bonchev–Trinajstić information content (AvgIpc) is 3.31. The Hall–Kier alpha value is -3.92. The Kier molecular flexibility index (Phi) is 6.84. The Morgan fingerprint density at radius 1 is 1.00 bits per heavy atom. The molecule has 0 atom stereocenters. The van der Waals surface area contributed by atoms with E-state index in [0.29, 0.717) is 56.6 Å². The van der Waals surface area contributed by atoms with Crippen molar-refractivity contribution in [1.82, 2.24) is 24.5 Å². The lowest BCUT2D eigenvalue weighted by atomic mass is 10.1. The highest BCUT2D eigenvalue weighted by Gasteiger charge is 2.26. The van der Waals surface area contributed by atoms with Crippen LogP contribution in [-0.2, 0) is 9.47 Å². The van der Waals surface area contributed by atoms with Crippen LogP contribution in [0.2, 0.25) is 0 Å². The second-order valence-corrected chi connectivity index (χ2v) is 9.96. The summed E-state index contributed by atoms with van der Waals surface area (Å²) < 4.78 is 18.2. The number of pyridine rings is 2. The number of piperazine rings is 1. The van der Waals surface area contributed by atoms with E-state index in [4.69, 9.17) is 19.2 Å². The van der Waals surface area contributed by atoms with E-state index in [1.807, 2.05) is 55.6 Å². The summed E-state index contributed by atoms with van der Waals surface area (Å²) in [5.74, 6) is 1.37. The summed E-state index contributed by atoms with van der Waals surface area (Å²) in [5, 5.41) is 9.78. The summed E-state index contributed by atoms with van der Waals surface area (Å²) in [6.45, 7) is 9.22. The number of carbonyl (C=O) groups excluding carboxylic acids is 1. The van der Waals surface area contributed by atoms with E-state index in [1.165, 1.54) is 0 Å². The molecule has 4 aromatic rings. The van der Waals surface area contributed by atoms with Crippen molar-refractivity contribution in [3.63, 3.8) is 0 Å². The average molecular weight is 505 g/mol. The van der Waals surface area contributed by atoms with Crippen molar-refractivity contribution in [1.29, 1.82) is 0 Å². The van der Waals surface area contributed by atoms with Crippen LogP contribution < -0.4 is 9.64 Å². The number of methoxy groups -OCH3 is 1. The maximum atomic E-state index is 12.5. The molecule has 10 nitrogen and oxygen atoms in total. The molecule has 1 saturated heterocycles. The molecular weight excluding hydrogens is 472 g/mol. The van der Waals surface area contributed by atoms with Crippen molar-refractivity contribution in [2.45, 2.75) is 26.4 Å². The van der Waals surface area contributed by atoms with Crippen molar-refractivity contribution < 1.29 is 19.0 Å². The molecule has 1 amide bonds. The first-order chi connectivity index (χ1) is 17.8. The number of amides is 1. The van der Waals surface area contributed by atoms with Crippen LogP contribution >= 0.6 is 0 Å². The number of carbonyl (C=O) groups is 1. The minimum absolute atomic E-state index is 0.267. The lowest BCUT2D eigenvalue weighted by molar-refractivity contribution is 0.0240. The van der Waals surface area contributed by atoms with E-state index in [0.717, 1.165) is 22.3 Å². The molecule has 1 aromatic carbocycles. The molecule has 1 aliphatic rings. The third-order valence-electron chi connectivity index (χ3n) is 6.14. The predicted octanol–water partition coefficient (Wildman–Crippen LogP) is 4.03. The van der Waals surface area contributed by atoms with Crippen molar-refractivity contribution in [3.8, 4) is 17.3 Å². The van der Waals surface area contributed by atoms with Gasteiger partial charge in [0.05, 0.1) is 17.8 Å². The van der Waals surface area contributed by atoms with Gasteiger partial charge in [-0.25, -0.2) is 9.78 Å². The molecule has 37 heavy (non-hydrogen) atoms. The van der Waals surface area contributed by atoms with Gasteiger partial charge in [0.25, 0.3) is 0 Å². The van der Waals surface area contributed by atoms with E-state index >= 15 is 0 Å². The molecule has 0 radical (unpaired) electrons. The second kappa shape index (κ2) is 10.2. The maximum absolute atomic E-state index is 12.5. The van der Waals surface area contributed by atoms with Crippen LogP contribution in [0.3, 0.4) is 0 Å². The molecular formula is C27H32N6O4. The largest absolute Gasteiger partial charge is 0.491 e. The van der Waals surface area contributed by atoms with Gasteiger partial charge in [-0.3, -0.25) is 4.40 Å². The van der Waals surface area contributed by atoms with E-state index in [-0.39, 0.29) is 6.09 Å². The number of aromatic nitrogens is 4. The van der Waals surface area contributed by atoms with Crippen molar-refractivity contribution in [3.05, 3.63) is 48.7 Å². The molecule has 0 aliphatic carbocycles. The van der Waals surface area contributed by atoms with Crippen LogP contribution in [0.15, 0.2) is 48.7 Å². The van der Waals surface area contributed by atoms with Gasteiger partial charge in [-0.05, 0) is 39.0 Å². The number of nitrogens with zero attached hydrogens (tertiary/aromatic N) is 6. The molecule has 5 rings (SSSR count). The number of rotatable bonds is 6. The SMILES string of the molecule is COCCOc1ccn2c(-c3ccc4cccc(N5CCN(C(=O)OC(C)(C)C)CC5)c4n3)nnc2c1. The fraction of sp³-hybridized carbons (Fsp3) is 0.407. The zero-order valence-electron chi connectivity index (χ0n) is 21.7. The lowest BCUT2D eigenvalue weighted by Gasteiger charge is -2.37. The summed E-state index contributed by atoms with van der Waals surface area (Å²) in [6.07, 6.45) is 1.62. The summed E-state index contributed by atoms with van der Waals surface area (Å²) in [4.78, 5) is 21.5. The second-order valence-electron chi connectivity index (χ2n) is 9.96. The molecule has 3 aromatic heterocycles. The Balaban J connectivity index is 1.38. The molecule has 194 valence electrons. The molecule has 0 bridgehead atoms. The fourth-order valence-corrected chi connectivity index (χ4v) is 4.35. The number of ether oxygens (including phenoxy) is 3. The van der Waals surface area contributed by atoms with Gasteiger partial charge in [-0.1, -0.05) is 18.2 Å². The van der Waals surface area contributed by atoms with Crippen molar-refractivity contribution in [2.24, 2.45) is 0 Å². The fourth-order valence-electron chi connectivity index (χ4n) is 4.35. The summed E-state index contributed by atoms with van der Waals surface area (Å²) in [7, 11) is 1.64. The van der Waals surface area contributed by atoms with Gasteiger partial charge >= 0.3 is 6.09 Å². The van der Waals surface area contributed by atoms with Crippen molar-refractivity contribution >= 4 is 28.3 Å². The smallest absolute Gasteiger partial charge is 0.410 e. The standard InChI is InChI=1S/C27H32N6O4/c1-27(2,3)37-26(34)32-14-12-31(13-15-32)22-7-5-6-19-8-9-21(28-24(19)22)25-30-29-23-18-20(10-11-33(23)25)36-17-16-35-4/h5-11,18H,12-17H2,1-4H3. The first kappa shape index (κ1) is 24.8. The topological polar surface area (TPSA) is 94.3 Å². The zero-order chi connectivity index (χ0) is 26.0. The molecule has 0 unspecified atom stereocenters. The third-order valence-corrected chi connectivity index (χ3v) is 6.14. The first-order valence-corrected chi connectivity index (χ1v) is 12.4. The highest BCUT2D eigenvalue weighted by atomic mass is 16.6.